The summed E-state index contributed by atoms with van der Waals surface area (Å²) < 4.78 is 5.11. The molecule has 0 bridgehead atoms. The van der Waals surface area contributed by atoms with Crippen LogP contribution in [0.2, 0.25) is 0 Å². The molecule has 1 aromatic heterocycles. The number of carbonyl (C=O) groups excluding carboxylic acids is 1. The standard InChI is InChI=1S/C13H18BrNO2/c1-10(2)9-17-13(16)7-6-11-4-3-5-12(8-14)15-11/h3-5,10H,6-9H2,1-2H3. The van der Waals surface area contributed by atoms with Gasteiger partial charge in [-0.3, -0.25) is 9.78 Å². The maximum absolute atomic E-state index is 11.4. The van der Waals surface area contributed by atoms with Crippen molar-refractivity contribution >= 4 is 21.9 Å². The van der Waals surface area contributed by atoms with Crippen LogP contribution in [0.15, 0.2) is 18.2 Å². The van der Waals surface area contributed by atoms with E-state index in [4.69, 9.17) is 4.74 Å². The Balaban J connectivity index is 2.36. The molecule has 1 aromatic rings. The number of carbonyl (C=O) groups is 1. The zero-order chi connectivity index (χ0) is 12.7. The molecular weight excluding hydrogens is 282 g/mol. The molecule has 0 fully saturated rings. The molecule has 0 radical (unpaired) electrons. The molecule has 0 atom stereocenters. The lowest BCUT2D eigenvalue weighted by Crippen LogP contribution is -2.11. The summed E-state index contributed by atoms with van der Waals surface area (Å²) in [6.07, 6.45) is 1.03. The van der Waals surface area contributed by atoms with Gasteiger partial charge in [0, 0.05) is 17.4 Å². The highest BCUT2D eigenvalue weighted by molar-refractivity contribution is 9.08. The van der Waals surface area contributed by atoms with E-state index in [0.717, 1.165) is 16.7 Å². The van der Waals surface area contributed by atoms with Crippen LogP contribution >= 0.6 is 15.9 Å². The lowest BCUT2D eigenvalue weighted by molar-refractivity contribution is -0.144. The van der Waals surface area contributed by atoms with Crippen molar-refractivity contribution < 1.29 is 9.53 Å². The summed E-state index contributed by atoms with van der Waals surface area (Å²) in [5, 5.41) is 0.735. The quantitative estimate of drug-likeness (QED) is 0.598. The smallest absolute Gasteiger partial charge is 0.306 e. The average Bonchev–Trinajstić information content (AvgIpc) is 2.34. The molecule has 4 heteroatoms. The monoisotopic (exact) mass is 299 g/mol. The highest BCUT2D eigenvalue weighted by Crippen LogP contribution is 2.06. The lowest BCUT2D eigenvalue weighted by Gasteiger charge is -2.07. The highest BCUT2D eigenvalue weighted by atomic mass is 79.9. The number of nitrogens with zero attached hydrogens (tertiary/aromatic N) is 1. The minimum absolute atomic E-state index is 0.148. The van der Waals surface area contributed by atoms with Gasteiger partial charge in [-0.1, -0.05) is 35.8 Å². The molecule has 0 unspecified atom stereocenters. The fourth-order valence-corrected chi connectivity index (χ4v) is 1.62. The molecule has 0 aliphatic carbocycles. The van der Waals surface area contributed by atoms with E-state index in [-0.39, 0.29) is 5.97 Å². The van der Waals surface area contributed by atoms with Crippen LogP contribution in [0.5, 0.6) is 0 Å². The van der Waals surface area contributed by atoms with E-state index in [1.165, 1.54) is 0 Å². The van der Waals surface area contributed by atoms with Gasteiger partial charge in [0.25, 0.3) is 0 Å². The van der Waals surface area contributed by atoms with Crippen molar-refractivity contribution in [2.75, 3.05) is 6.61 Å². The maximum Gasteiger partial charge on any atom is 0.306 e. The second-order valence-electron chi connectivity index (χ2n) is 4.33. The van der Waals surface area contributed by atoms with Gasteiger partial charge in [-0.2, -0.15) is 0 Å². The van der Waals surface area contributed by atoms with Crippen LogP contribution in [0.4, 0.5) is 0 Å². The number of hydrogen-bond acceptors (Lipinski definition) is 3. The zero-order valence-electron chi connectivity index (χ0n) is 10.3. The first-order chi connectivity index (χ1) is 8.11. The summed E-state index contributed by atoms with van der Waals surface area (Å²) in [5.74, 6) is 0.235. The third kappa shape index (κ3) is 5.82. The van der Waals surface area contributed by atoms with Gasteiger partial charge >= 0.3 is 5.97 Å². The van der Waals surface area contributed by atoms with E-state index >= 15 is 0 Å². The predicted molar refractivity (Wildman–Crippen MR) is 71.0 cm³/mol. The number of rotatable bonds is 6. The molecule has 3 nitrogen and oxygen atoms in total. The second kappa shape index (κ2) is 7.43. The van der Waals surface area contributed by atoms with E-state index in [0.29, 0.717) is 25.4 Å². The van der Waals surface area contributed by atoms with Crippen molar-refractivity contribution in [1.82, 2.24) is 4.98 Å². The van der Waals surface area contributed by atoms with Crippen LogP contribution in [-0.4, -0.2) is 17.6 Å². The molecule has 0 aromatic carbocycles. The Hall–Kier alpha value is -0.900. The number of alkyl halides is 1. The molecule has 1 rings (SSSR count). The van der Waals surface area contributed by atoms with E-state index in [1.807, 2.05) is 32.0 Å². The van der Waals surface area contributed by atoms with Crippen molar-refractivity contribution in [3.63, 3.8) is 0 Å². The second-order valence-corrected chi connectivity index (χ2v) is 4.89. The van der Waals surface area contributed by atoms with Crippen molar-refractivity contribution in [3.8, 4) is 0 Å². The van der Waals surface area contributed by atoms with Gasteiger partial charge in [0.05, 0.1) is 18.7 Å². The topological polar surface area (TPSA) is 39.2 Å². The van der Waals surface area contributed by atoms with Crippen molar-refractivity contribution in [3.05, 3.63) is 29.6 Å². The van der Waals surface area contributed by atoms with Crippen LogP contribution in [0.1, 0.15) is 31.7 Å². The first kappa shape index (κ1) is 14.2. The van der Waals surface area contributed by atoms with E-state index in [2.05, 4.69) is 20.9 Å². The predicted octanol–water partition coefficient (Wildman–Crippen LogP) is 3.11. The van der Waals surface area contributed by atoms with Crippen molar-refractivity contribution in [2.45, 2.75) is 32.0 Å². The molecule has 0 amide bonds. The van der Waals surface area contributed by atoms with Crippen molar-refractivity contribution in [2.24, 2.45) is 5.92 Å². The van der Waals surface area contributed by atoms with Crippen LogP contribution in [0.3, 0.4) is 0 Å². The summed E-state index contributed by atoms with van der Waals surface area (Å²) in [7, 11) is 0. The summed E-state index contributed by atoms with van der Waals surface area (Å²) >= 11 is 3.36. The first-order valence-electron chi connectivity index (χ1n) is 5.78. The van der Waals surface area contributed by atoms with Gasteiger partial charge in [-0.25, -0.2) is 0 Å². The number of ether oxygens (including phenoxy) is 1. The minimum Gasteiger partial charge on any atom is -0.465 e. The third-order valence-electron chi connectivity index (χ3n) is 2.16. The molecule has 17 heavy (non-hydrogen) atoms. The number of halogens is 1. The van der Waals surface area contributed by atoms with Crippen LogP contribution in [0.25, 0.3) is 0 Å². The molecule has 0 saturated heterocycles. The van der Waals surface area contributed by atoms with Gasteiger partial charge < -0.3 is 4.74 Å². The Morgan fingerprint density at radius 1 is 1.41 bits per heavy atom. The Morgan fingerprint density at radius 3 is 2.76 bits per heavy atom. The zero-order valence-corrected chi connectivity index (χ0v) is 11.9. The number of esters is 1. The molecule has 0 aliphatic rings. The third-order valence-corrected chi connectivity index (χ3v) is 2.74. The average molecular weight is 300 g/mol. The van der Waals surface area contributed by atoms with Gasteiger partial charge in [0.2, 0.25) is 0 Å². The number of aryl methyl sites for hydroxylation is 1. The van der Waals surface area contributed by atoms with E-state index in [9.17, 15) is 4.79 Å². The van der Waals surface area contributed by atoms with Gasteiger partial charge in [0.15, 0.2) is 0 Å². The van der Waals surface area contributed by atoms with E-state index < -0.39 is 0 Å². The maximum atomic E-state index is 11.4. The number of hydrogen-bond donors (Lipinski definition) is 0. The minimum atomic E-state index is -0.148. The summed E-state index contributed by atoms with van der Waals surface area (Å²) in [4.78, 5) is 15.8. The number of aromatic nitrogens is 1. The van der Waals surface area contributed by atoms with Gasteiger partial charge in [-0.15, -0.1) is 0 Å². The molecule has 0 aliphatic heterocycles. The highest BCUT2D eigenvalue weighted by Gasteiger charge is 2.06. The Bertz CT molecular complexity index is 366. The molecular formula is C13H18BrNO2. The van der Waals surface area contributed by atoms with Gasteiger partial charge in [-0.05, 0) is 18.1 Å². The SMILES string of the molecule is CC(C)COC(=O)CCc1cccc(CBr)n1. The first-order valence-corrected chi connectivity index (χ1v) is 6.90. The molecule has 0 saturated carbocycles. The molecule has 1 heterocycles. The van der Waals surface area contributed by atoms with Gasteiger partial charge in [0.1, 0.15) is 0 Å². The van der Waals surface area contributed by atoms with E-state index in [1.54, 1.807) is 0 Å². The van der Waals surface area contributed by atoms with Crippen LogP contribution in [0, 0.1) is 5.92 Å². The molecule has 0 spiro atoms. The Kier molecular flexibility index (Phi) is 6.19. The van der Waals surface area contributed by atoms with Crippen LogP contribution in [-0.2, 0) is 21.3 Å². The Labute approximate surface area is 111 Å². The lowest BCUT2D eigenvalue weighted by atomic mass is 10.2. The van der Waals surface area contributed by atoms with Crippen molar-refractivity contribution in [1.29, 1.82) is 0 Å². The number of pyridine rings is 1. The molecule has 0 N–H and O–H groups in total. The summed E-state index contributed by atoms with van der Waals surface area (Å²) in [6.45, 7) is 4.54. The molecule has 94 valence electrons. The normalized spacial score (nSPS) is 10.6. The fourth-order valence-electron chi connectivity index (χ4n) is 1.30. The Morgan fingerprint density at radius 2 is 2.12 bits per heavy atom. The summed E-state index contributed by atoms with van der Waals surface area (Å²) in [6, 6.07) is 5.84. The van der Waals surface area contributed by atoms with Crippen LogP contribution < -0.4 is 0 Å². The summed E-state index contributed by atoms with van der Waals surface area (Å²) in [5.41, 5.74) is 1.92. The largest absolute Gasteiger partial charge is 0.465 e. The fraction of sp³-hybridized carbons (Fsp3) is 0.538.